The molecule has 116 valence electrons. The predicted octanol–water partition coefficient (Wildman–Crippen LogP) is 1.51. The Balaban J connectivity index is 1.64. The number of methoxy groups -OCH3 is 1. The van der Waals surface area contributed by atoms with Gasteiger partial charge in [-0.1, -0.05) is 0 Å². The molecule has 1 aliphatic carbocycles. The molecule has 0 bridgehead atoms. The van der Waals surface area contributed by atoms with Crippen molar-refractivity contribution in [1.29, 1.82) is 0 Å². The quantitative estimate of drug-likeness (QED) is 0.863. The molecule has 1 N–H and O–H groups in total. The van der Waals surface area contributed by atoms with Crippen LogP contribution in [-0.2, 0) is 9.53 Å². The van der Waals surface area contributed by atoms with Crippen LogP contribution in [0.3, 0.4) is 0 Å². The van der Waals surface area contributed by atoms with Gasteiger partial charge in [-0.15, -0.1) is 0 Å². The number of nitrogens with zero attached hydrogens (tertiary/aromatic N) is 3. The third-order valence-corrected chi connectivity index (χ3v) is 4.35. The summed E-state index contributed by atoms with van der Waals surface area (Å²) in [7, 11) is 1.77. The van der Waals surface area contributed by atoms with E-state index in [9.17, 15) is 4.79 Å². The number of carbonyl (C=O) groups excluding carboxylic acids is 1. The Kier molecular flexibility index (Phi) is 4.26. The summed E-state index contributed by atoms with van der Waals surface area (Å²) in [6.45, 7) is 4.50. The summed E-state index contributed by atoms with van der Waals surface area (Å²) in [5, 5.41) is 7.19. The second-order valence-electron chi connectivity index (χ2n) is 6.29. The highest BCUT2D eigenvalue weighted by Crippen LogP contribution is 2.35. The lowest BCUT2D eigenvalue weighted by Gasteiger charge is -2.23. The van der Waals surface area contributed by atoms with Crippen LogP contribution in [0.4, 0.5) is 5.69 Å². The Hall–Kier alpha value is -1.40. The number of rotatable bonds is 6. The fourth-order valence-electron chi connectivity index (χ4n) is 3.18. The zero-order chi connectivity index (χ0) is 14.8. The molecule has 2 fully saturated rings. The summed E-state index contributed by atoms with van der Waals surface area (Å²) in [4.78, 5) is 13.6. The number of hydrogen-bond acceptors (Lipinski definition) is 4. The van der Waals surface area contributed by atoms with Crippen LogP contribution >= 0.6 is 0 Å². The zero-order valence-corrected chi connectivity index (χ0v) is 12.8. The predicted molar refractivity (Wildman–Crippen MR) is 80.1 cm³/mol. The summed E-state index contributed by atoms with van der Waals surface area (Å²) in [5.41, 5.74) is 0.770. The summed E-state index contributed by atoms with van der Waals surface area (Å²) in [6.07, 6.45) is 7.44. The molecule has 6 heteroatoms. The first-order valence-electron chi connectivity index (χ1n) is 7.70. The highest BCUT2D eigenvalue weighted by atomic mass is 16.5. The maximum atomic E-state index is 11.1. The van der Waals surface area contributed by atoms with E-state index in [2.05, 4.69) is 15.3 Å². The van der Waals surface area contributed by atoms with Gasteiger partial charge in [-0.2, -0.15) is 5.10 Å². The monoisotopic (exact) mass is 292 g/mol. The first-order chi connectivity index (χ1) is 10.2. The van der Waals surface area contributed by atoms with Crippen molar-refractivity contribution in [1.82, 2.24) is 14.7 Å². The van der Waals surface area contributed by atoms with E-state index in [1.807, 2.05) is 10.9 Å². The normalized spacial score (nSPS) is 26.2. The molecular formula is C15H24N4O2. The Morgan fingerprint density at radius 2 is 2.33 bits per heavy atom. The highest BCUT2D eigenvalue weighted by Gasteiger charge is 2.36. The van der Waals surface area contributed by atoms with E-state index in [4.69, 9.17) is 4.74 Å². The summed E-state index contributed by atoms with van der Waals surface area (Å²) in [6, 6.07) is 0.848. The van der Waals surface area contributed by atoms with Crippen molar-refractivity contribution in [3.8, 4) is 0 Å². The van der Waals surface area contributed by atoms with Crippen LogP contribution in [-0.4, -0.2) is 53.4 Å². The molecule has 6 nitrogen and oxygen atoms in total. The number of anilines is 1. The van der Waals surface area contributed by atoms with E-state index >= 15 is 0 Å². The number of aromatic nitrogens is 2. The Morgan fingerprint density at radius 1 is 1.52 bits per heavy atom. The summed E-state index contributed by atoms with van der Waals surface area (Å²) >= 11 is 0. The largest absolute Gasteiger partial charge is 0.383 e. The molecule has 1 aromatic heterocycles. The molecule has 3 rings (SSSR count). The van der Waals surface area contributed by atoms with Gasteiger partial charge >= 0.3 is 0 Å². The minimum atomic E-state index is -0.0615. The molecule has 1 amide bonds. The standard InChI is InChI=1S/C15H24N4O2/c1-11(20)17-13-6-16-19(8-13)14-5-15(10-21-2)18(9-14)7-12-3-4-12/h6,8,12,14-15H,3-5,7,9-10H2,1-2H3,(H,17,20)/t14-,15-/m0/s1. The average molecular weight is 292 g/mol. The molecule has 0 spiro atoms. The van der Waals surface area contributed by atoms with Crippen LogP contribution in [0.1, 0.15) is 32.2 Å². The summed E-state index contributed by atoms with van der Waals surface area (Å²) in [5.74, 6) is 0.823. The minimum Gasteiger partial charge on any atom is -0.383 e. The van der Waals surface area contributed by atoms with Crippen LogP contribution in [0.25, 0.3) is 0 Å². The molecule has 2 aliphatic rings. The van der Waals surface area contributed by atoms with Crippen molar-refractivity contribution in [3.63, 3.8) is 0 Å². The second kappa shape index (κ2) is 6.15. The third-order valence-electron chi connectivity index (χ3n) is 4.35. The molecular weight excluding hydrogens is 268 g/mol. The Bertz CT molecular complexity index is 498. The van der Waals surface area contributed by atoms with Gasteiger partial charge in [0.25, 0.3) is 0 Å². The zero-order valence-electron chi connectivity index (χ0n) is 12.8. The topological polar surface area (TPSA) is 59.4 Å². The van der Waals surface area contributed by atoms with Gasteiger partial charge in [0.1, 0.15) is 0 Å². The minimum absolute atomic E-state index is 0.0615. The number of carbonyl (C=O) groups is 1. The number of amides is 1. The van der Waals surface area contributed by atoms with Crippen LogP contribution in [0, 0.1) is 5.92 Å². The second-order valence-corrected chi connectivity index (χ2v) is 6.29. The number of nitrogens with one attached hydrogen (secondary N) is 1. The van der Waals surface area contributed by atoms with Crippen molar-refractivity contribution < 1.29 is 9.53 Å². The van der Waals surface area contributed by atoms with E-state index in [0.717, 1.165) is 31.2 Å². The number of ether oxygens (including phenoxy) is 1. The molecule has 0 unspecified atom stereocenters. The van der Waals surface area contributed by atoms with Crippen molar-refractivity contribution in [3.05, 3.63) is 12.4 Å². The van der Waals surface area contributed by atoms with E-state index in [1.54, 1.807) is 13.3 Å². The van der Waals surface area contributed by atoms with Gasteiger partial charge in [0, 0.05) is 39.4 Å². The van der Waals surface area contributed by atoms with E-state index in [-0.39, 0.29) is 5.91 Å². The van der Waals surface area contributed by atoms with Gasteiger partial charge in [-0.25, -0.2) is 0 Å². The molecule has 1 aliphatic heterocycles. The lowest BCUT2D eigenvalue weighted by Crippen LogP contribution is -2.34. The first kappa shape index (κ1) is 14.5. The van der Waals surface area contributed by atoms with Crippen molar-refractivity contribution in [2.45, 2.75) is 38.3 Å². The van der Waals surface area contributed by atoms with Gasteiger partial charge in [0.2, 0.25) is 5.91 Å². The maximum absolute atomic E-state index is 11.1. The summed E-state index contributed by atoms with van der Waals surface area (Å²) < 4.78 is 7.36. The van der Waals surface area contributed by atoms with E-state index < -0.39 is 0 Å². The number of likely N-dealkylation sites (tertiary alicyclic amines) is 1. The van der Waals surface area contributed by atoms with Gasteiger partial charge in [0.05, 0.1) is 24.5 Å². The van der Waals surface area contributed by atoms with Gasteiger partial charge in [0.15, 0.2) is 0 Å². The molecule has 21 heavy (non-hydrogen) atoms. The van der Waals surface area contributed by atoms with Gasteiger partial charge in [-0.05, 0) is 25.2 Å². The fraction of sp³-hybridized carbons (Fsp3) is 0.733. The van der Waals surface area contributed by atoms with Gasteiger partial charge < -0.3 is 10.1 Å². The molecule has 2 atom stereocenters. The molecule has 1 aromatic rings. The smallest absolute Gasteiger partial charge is 0.221 e. The molecule has 1 saturated carbocycles. The lowest BCUT2D eigenvalue weighted by molar-refractivity contribution is -0.114. The molecule has 0 aromatic carbocycles. The van der Waals surface area contributed by atoms with Crippen molar-refractivity contribution in [2.24, 2.45) is 5.92 Å². The Labute approximate surface area is 125 Å². The van der Waals surface area contributed by atoms with E-state index in [0.29, 0.717) is 12.1 Å². The average Bonchev–Trinajstić information content (AvgIpc) is 2.97. The highest BCUT2D eigenvalue weighted by molar-refractivity contribution is 5.88. The van der Waals surface area contributed by atoms with Crippen LogP contribution in [0.2, 0.25) is 0 Å². The van der Waals surface area contributed by atoms with Crippen LogP contribution in [0.15, 0.2) is 12.4 Å². The Morgan fingerprint density at radius 3 is 3.00 bits per heavy atom. The van der Waals surface area contributed by atoms with Crippen molar-refractivity contribution >= 4 is 11.6 Å². The fourth-order valence-corrected chi connectivity index (χ4v) is 3.18. The lowest BCUT2D eigenvalue weighted by atomic mass is 10.2. The first-order valence-corrected chi connectivity index (χ1v) is 7.70. The van der Waals surface area contributed by atoms with Crippen LogP contribution < -0.4 is 5.32 Å². The van der Waals surface area contributed by atoms with Crippen LogP contribution in [0.5, 0.6) is 0 Å². The van der Waals surface area contributed by atoms with Gasteiger partial charge in [-0.3, -0.25) is 14.4 Å². The van der Waals surface area contributed by atoms with Crippen molar-refractivity contribution in [2.75, 3.05) is 32.1 Å². The van der Waals surface area contributed by atoms with E-state index in [1.165, 1.54) is 26.3 Å². The maximum Gasteiger partial charge on any atom is 0.221 e. The number of hydrogen-bond donors (Lipinski definition) is 1. The SMILES string of the molecule is COC[C@@H]1C[C@H](n2cc(NC(C)=O)cn2)CN1CC1CC1. The third kappa shape index (κ3) is 3.63. The molecule has 2 heterocycles. The molecule has 1 saturated heterocycles. The molecule has 0 radical (unpaired) electrons.